The number of aldehydes is 1. The summed E-state index contributed by atoms with van der Waals surface area (Å²) >= 11 is 0. The highest BCUT2D eigenvalue weighted by Crippen LogP contribution is 2.37. The molecule has 0 aliphatic heterocycles. The van der Waals surface area contributed by atoms with Crippen molar-refractivity contribution in [1.82, 2.24) is 0 Å². The lowest BCUT2D eigenvalue weighted by Crippen LogP contribution is -2.34. The molecule has 2 rings (SSSR count). The fraction of sp³-hybridized carbons (Fsp3) is 0.462. The van der Waals surface area contributed by atoms with E-state index < -0.39 is 0 Å². The summed E-state index contributed by atoms with van der Waals surface area (Å²) in [5.74, 6) is 0. The van der Waals surface area contributed by atoms with Crippen molar-refractivity contribution in [2.75, 3.05) is 0 Å². The molecule has 0 unspecified atom stereocenters. The van der Waals surface area contributed by atoms with Crippen LogP contribution in [0.4, 0.5) is 0 Å². The van der Waals surface area contributed by atoms with Crippen molar-refractivity contribution in [2.45, 2.75) is 38.1 Å². The van der Waals surface area contributed by atoms with Crippen LogP contribution in [-0.4, -0.2) is 6.29 Å². The first-order chi connectivity index (χ1) is 7.15. The first kappa shape index (κ1) is 10.4. The van der Waals surface area contributed by atoms with E-state index in [4.69, 9.17) is 5.73 Å². The minimum atomic E-state index is -0.262. The van der Waals surface area contributed by atoms with E-state index in [2.05, 4.69) is 6.07 Å². The molecule has 1 fully saturated rings. The lowest BCUT2D eigenvalue weighted by atomic mass is 9.85. The molecular weight excluding hydrogens is 186 g/mol. The van der Waals surface area contributed by atoms with Gasteiger partial charge in [0.25, 0.3) is 0 Å². The van der Waals surface area contributed by atoms with Crippen molar-refractivity contribution < 1.29 is 4.79 Å². The second-order valence-corrected chi connectivity index (χ2v) is 4.57. The van der Waals surface area contributed by atoms with Crippen molar-refractivity contribution in [3.05, 3.63) is 34.9 Å². The SMILES string of the molecule is Cc1ccc(C=O)c(C2(N)CCCC2)c1. The summed E-state index contributed by atoms with van der Waals surface area (Å²) in [6.45, 7) is 2.04. The summed E-state index contributed by atoms with van der Waals surface area (Å²) in [7, 11) is 0. The van der Waals surface area contributed by atoms with E-state index in [-0.39, 0.29) is 5.54 Å². The molecular formula is C13H17NO. The van der Waals surface area contributed by atoms with Gasteiger partial charge in [0.1, 0.15) is 6.29 Å². The summed E-state index contributed by atoms with van der Waals surface area (Å²) < 4.78 is 0. The molecule has 2 N–H and O–H groups in total. The lowest BCUT2D eigenvalue weighted by Gasteiger charge is -2.26. The molecule has 80 valence electrons. The van der Waals surface area contributed by atoms with Crippen molar-refractivity contribution >= 4 is 6.29 Å². The van der Waals surface area contributed by atoms with Gasteiger partial charge in [-0.3, -0.25) is 4.79 Å². The molecule has 0 aromatic heterocycles. The second-order valence-electron chi connectivity index (χ2n) is 4.57. The van der Waals surface area contributed by atoms with Crippen LogP contribution in [0.25, 0.3) is 0 Å². The van der Waals surface area contributed by atoms with E-state index in [0.29, 0.717) is 0 Å². The maximum absolute atomic E-state index is 11.0. The number of carbonyl (C=O) groups is 1. The normalized spacial score (nSPS) is 19.1. The fourth-order valence-electron chi connectivity index (χ4n) is 2.48. The van der Waals surface area contributed by atoms with Crippen LogP contribution < -0.4 is 5.73 Å². The molecule has 1 aromatic rings. The van der Waals surface area contributed by atoms with Crippen LogP contribution in [0.2, 0.25) is 0 Å². The predicted octanol–water partition coefficient (Wildman–Crippen LogP) is 2.54. The van der Waals surface area contributed by atoms with Crippen LogP contribution in [0.5, 0.6) is 0 Å². The number of benzene rings is 1. The zero-order valence-corrected chi connectivity index (χ0v) is 9.12. The molecule has 0 atom stereocenters. The number of rotatable bonds is 2. The maximum atomic E-state index is 11.0. The molecule has 0 spiro atoms. The van der Waals surface area contributed by atoms with Crippen molar-refractivity contribution in [3.63, 3.8) is 0 Å². The molecule has 1 aliphatic carbocycles. The monoisotopic (exact) mass is 203 g/mol. The number of hydrogen-bond acceptors (Lipinski definition) is 2. The molecule has 0 radical (unpaired) electrons. The van der Waals surface area contributed by atoms with E-state index >= 15 is 0 Å². The van der Waals surface area contributed by atoms with Gasteiger partial charge < -0.3 is 5.73 Å². The molecule has 0 heterocycles. The van der Waals surface area contributed by atoms with Crippen molar-refractivity contribution in [1.29, 1.82) is 0 Å². The highest BCUT2D eigenvalue weighted by atomic mass is 16.1. The second kappa shape index (κ2) is 3.78. The van der Waals surface area contributed by atoms with Crippen molar-refractivity contribution in [2.24, 2.45) is 5.73 Å². The molecule has 0 bridgehead atoms. The third kappa shape index (κ3) is 1.82. The summed E-state index contributed by atoms with van der Waals surface area (Å²) in [6.07, 6.45) is 5.25. The summed E-state index contributed by atoms with van der Waals surface area (Å²) in [5.41, 5.74) is 9.07. The molecule has 0 saturated heterocycles. The molecule has 2 heteroatoms. The molecule has 1 aromatic carbocycles. The van der Waals surface area contributed by atoms with Gasteiger partial charge in [0, 0.05) is 11.1 Å². The Morgan fingerprint density at radius 3 is 2.60 bits per heavy atom. The Balaban J connectivity index is 2.49. The average molecular weight is 203 g/mol. The molecule has 1 saturated carbocycles. The standard InChI is InChI=1S/C13H17NO/c1-10-4-5-11(9-15)12(8-10)13(14)6-2-3-7-13/h4-5,8-9H,2-3,6-7,14H2,1H3. The van der Waals surface area contributed by atoms with Gasteiger partial charge in [-0.25, -0.2) is 0 Å². The van der Waals surface area contributed by atoms with Gasteiger partial charge >= 0.3 is 0 Å². The van der Waals surface area contributed by atoms with Crippen LogP contribution in [0.3, 0.4) is 0 Å². The Hall–Kier alpha value is -1.15. The Kier molecular flexibility index (Phi) is 2.61. The third-order valence-electron chi connectivity index (χ3n) is 3.37. The number of nitrogens with two attached hydrogens (primary N) is 1. The average Bonchev–Trinajstić information content (AvgIpc) is 2.66. The van der Waals surface area contributed by atoms with Crippen LogP contribution >= 0.6 is 0 Å². The van der Waals surface area contributed by atoms with Crippen LogP contribution in [-0.2, 0) is 5.54 Å². The summed E-state index contributed by atoms with van der Waals surface area (Å²) in [6, 6.07) is 5.91. The minimum Gasteiger partial charge on any atom is -0.321 e. The lowest BCUT2D eigenvalue weighted by molar-refractivity contribution is 0.112. The van der Waals surface area contributed by atoms with Crippen molar-refractivity contribution in [3.8, 4) is 0 Å². The van der Waals surface area contributed by atoms with E-state index in [1.807, 2.05) is 19.1 Å². The van der Waals surface area contributed by atoms with Gasteiger partial charge in [-0.1, -0.05) is 36.6 Å². The molecule has 2 nitrogen and oxygen atoms in total. The van der Waals surface area contributed by atoms with Gasteiger partial charge in [-0.15, -0.1) is 0 Å². The summed E-state index contributed by atoms with van der Waals surface area (Å²) in [4.78, 5) is 11.0. The van der Waals surface area contributed by atoms with Gasteiger partial charge in [-0.05, 0) is 25.3 Å². The molecule has 0 amide bonds. The topological polar surface area (TPSA) is 43.1 Å². The number of aryl methyl sites for hydroxylation is 1. The van der Waals surface area contributed by atoms with E-state index in [9.17, 15) is 4.79 Å². The highest BCUT2D eigenvalue weighted by Gasteiger charge is 2.32. The zero-order valence-electron chi connectivity index (χ0n) is 9.12. The quantitative estimate of drug-likeness (QED) is 0.750. The zero-order chi connectivity index (χ0) is 10.9. The van der Waals surface area contributed by atoms with Gasteiger partial charge in [0.15, 0.2) is 0 Å². The van der Waals surface area contributed by atoms with Crippen LogP contribution in [0.15, 0.2) is 18.2 Å². The Morgan fingerprint density at radius 2 is 2.00 bits per heavy atom. The van der Waals surface area contributed by atoms with Gasteiger partial charge in [0.05, 0.1) is 0 Å². The van der Waals surface area contributed by atoms with Gasteiger partial charge in [0.2, 0.25) is 0 Å². The third-order valence-corrected chi connectivity index (χ3v) is 3.37. The molecule has 15 heavy (non-hydrogen) atoms. The van der Waals surface area contributed by atoms with E-state index in [1.165, 1.54) is 18.4 Å². The minimum absolute atomic E-state index is 0.262. The van der Waals surface area contributed by atoms with Gasteiger partial charge in [-0.2, -0.15) is 0 Å². The van der Waals surface area contributed by atoms with Crippen LogP contribution in [0.1, 0.15) is 47.2 Å². The number of hydrogen-bond donors (Lipinski definition) is 1. The maximum Gasteiger partial charge on any atom is 0.150 e. The Labute approximate surface area is 90.5 Å². The largest absolute Gasteiger partial charge is 0.321 e. The highest BCUT2D eigenvalue weighted by molar-refractivity contribution is 5.78. The fourth-order valence-corrected chi connectivity index (χ4v) is 2.48. The van der Waals surface area contributed by atoms with E-state index in [0.717, 1.165) is 30.3 Å². The number of carbonyl (C=O) groups excluding carboxylic acids is 1. The first-order valence-corrected chi connectivity index (χ1v) is 5.51. The Bertz CT molecular complexity index is 378. The van der Waals surface area contributed by atoms with Crippen LogP contribution in [0, 0.1) is 6.92 Å². The first-order valence-electron chi connectivity index (χ1n) is 5.51. The predicted molar refractivity (Wildman–Crippen MR) is 60.9 cm³/mol. The smallest absolute Gasteiger partial charge is 0.150 e. The Morgan fingerprint density at radius 1 is 1.33 bits per heavy atom. The molecule has 1 aliphatic rings. The van der Waals surface area contributed by atoms with E-state index in [1.54, 1.807) is 0 Å². The summed E-state index contributed by atoms with van der Waals surface area (Å²) in [5, 5.41) is 0.